The van der Waals surface area contributed by atoms with E-state index in [2.05, 4.69) is 22.9 Å². The Balaban J connectivity index is 0.00000192. The van der Waals surface area contributed by atoms with Crippen LogP contribution in [0, 0.1) is 5.92 Å². The summed E-state index contributed by atoms with van der Waals surface area (Å²) in [5.41, 5.74) is 1.28. The largest absolute Gasteiger partial charge is 0.348 e. The molecule has 6 heteroatoms. The van der Waals surface area contributed by atoms with Gasteiger partial charge in [0.2, 0.25) is 5.91 Å². The van der Waals surface area contributed by atoms with Crippen LogP contribution in [-0.4, -0.2) is 30.4 Å². The summed E-state index contributed by atoms with van der Waals surface area (Å²) in [5, 5.41) is 9.34. The fourth-order valence-corrected chi connectivity index (χ4v) is 2.82. The molecule has 23 heavy (non-hydrogen) atoms. The number of anilines is 1. The summed E-state index contributed by atoms with van der Waals surface area (Å²) in [6, 6.07) is 7.60. The molecule has 1 saturated heterocycles. The highest BCUT2D eigenvalue weighted by Gasteiger charge is 2.29. The monoisotopic (exact) mass is 337 g/mol. The van der Waals surface area contributed by atoms with Gasteiger partial charge in [-0.15, -0.1) is 12.4 Å². The molecule has 1 aromatic carbocycles. The molecule has 126 valence electrons. The van der Waals surface area contributed by atoms with Gasteiger partial charge < -0.3 is 16.0 Å². The van der Waals surface area contributed by atoms with Gasteiger partial charge in [0.1, 0.15) is 0 Å². The predicted molar refractivity (Wildman–Crippen MR) is 93.0 cm³/mol. The van der Waals surface area contributed by atoms with E-state index < -0.39 is 0 Å². The topological polar surface area (TPSA) is 70.2 Å². The summed E-state index contributed by atoms with van der Waals surface area (Å²) in [4.78, 5) is 24.2. The van der Waals surface area contributed by atoms with Gasteiger partial charge in [0.25, 0.3) is 5.91 Å². The van der Waals surface area contributed by atoms with Crippen LogP contribution < -0.4 is 16.0 Å². The Bertz CT molecular complexity index is 575. The standard InChI is InChI=1S/C17H23N3O2.ClH/c1-11-15(6-3-9-18-11)20-17(22)13-4-2-5-14(10-13)19-16(21)12-7-8-12;/h2,4-5,10-12,15,18H,3,6-9H2,1H3,(H,19,21)(H,20,22);1H. The Morgan fingerprint density at radius 2 is 2.00 bits per heavy atom. The van der Waals surface area contributed by atoms with Gasteiger partial charge >= 0.3 is 0 Å². The fraction of sp³-hybridized carbons (Fsp3) is 0.529. The maximum Gasteiger partial charge on any atom is 0.251 e. The number of piperidine rings is 1. The molecule has 3 rings (SSSR count). The van der Waals surface area contributed by atoms with Gasteiger partial charge in [-0.25, -0.2) is 0 Å². The lowest BCUT2D eigenvalue weighted by atomic mass is 9.99. The Kier molecular flexibility index (Phi) is 6.02. The first kappa shape index (κ1) is 17.8. The smallest absolute Gasteiger partial charge is 0.251 e. The van der Waals surface area contributed by atoms with Crippen molar-refractivity contribution in [1.29, 1.82) is 0 Å². The number of nitrogens with one attached hydrogen (secondary N) is 3. The summed E-state index contributed by atoms with van der Waals surface area (Å²) in [5.74, 6) is 0.136. The number of halogens is 1. The average Bonchev–Trinajstić information content (AvgIpc) is 3.34. The van der Waals surface area contributed by atoms with Crippen molar-refractivity contribution in [2.45, 2.75) is 44.7 Å². The number of rotatable bonds is 4. The molecule has 1 saturated carbocycles. The molecule has 2 atom stereocenters. The highest BCUT2D eigenvalue weighted by atomic mass is 35.5. The van der Waals surface area contributed by atoms with Crippen molar-refractivity contribution >= 4 is 29.9 Å². The summed E-state index contributed by atoms with van der Waals surface area (Å²) in [7, 11) is 0. The summed E-state index contributed by atoms with van der Waals surface area (Å²) < 4.78 is 0. The van der Waals surface area contributed by atoms with E-state index in [0.717, 1.165) is 32.2 Å². The molecule has 3 N–H and O–H groups in total. The third-order valence-corrected chi connectivity index (χ3v) is 4.42. The van der Waals surface area contributed by atoms with Gasteiger partial charge in [-0.1, -0.05) is 6.07 Å². The van der Waals surface area contributed by atoms with E-state index in [0.29, 0.717) is 11.3 Å². The van der Waals surface area contributed by atoms with Crippen LogP contribution in [-0.2, 0) is 4.79 Å². The zero-order valence-electron chi connectivity index (χ0n) is 13.3. The molecule has 0 spiro atoms. The fourth-order valence-electron chi connectivity index (χ4n) is 2.82. The van der Waals surface area contributed by atoms with E-state index in [1.54, 1.807) is 18.2 Å². The maximum atomic E-state index is 12.4. The van der Waals surface area contributed by atoms with Crippen LogP contribution in [0.5, 0.6) is 0 Å². The van der Waals surface area contributed by atoms with Crippen molar-refractivity contribution < 1.29 is 9.59 Å². The number of benzene rings is 1. The summed E-state index contributed by atoms with van der Waals surface area (Å²) in [6.07, 6.45) is 4.02. The van der Waals surface area contributed by atoms with Crippen LogP contribution in [0.15, 0.2) is 24.3 Å². The van der Waals surface area contributed by atoms with Crippen molar-refractivity contribution in [2.24, 2.45) is 5.92 Å². The average molecular weight is 338 g/mol. The highest BCUT2D eigenvalue weighted by Crippen LogP contribution is 2.30. The van der Waals surface area contributed by atoms with Gasteiger partial charge in [0.15, 0.2) is 0 Å². The quantitative estimate of drug-likeness (QED) is 0.789. The molecule has 1 aliphatic carbocycles. The highest BCUT2D eigenvalue weighted by molar-refractivity contribution is 5.98. The van der Waals surface area contributed by atoms with E-state index in [1.807, 2.05) is 6.07 Å². The lowest BCUT2D eigenvalue weighted by Crippen LogP contribution is -2.51. The van der Waals surface area contributed by atoms with Crippen LogP contribution in [0.25, 0.3) is 0 Å². The molecule has 0 aromatic heterocycles. The normalized spacial score (nSPS) is 23.5. The molecule has 1 aliphatic heterocycles. The lowest BCUT2D eigenvalue weighted by Gasteiger charge is -2.30. The number of hydrogen-bond acceptors (Lipinski definition) is 3. The second kappa shape index (κ2) is 7.79. The minimum absolute atomic E-state index is 0. The molecule has 0 bridgehead atoms. The Labute approximate surface area is 143 Å². The summed E-state index contributed by atoms with van der Waals surface area (Å²) in [6.45, 7) is 3.10. The van der Waals surface area contributed by atoms with E-state index in [1.165, 1.54) is 0 Å². The minimum atomic E-state index is -0.0805. The van der Waals surface area contributed by atoms with Gasteiger partial charge in [-0.2, -0.15) is 0 Å². The Hall–Kier alpha value is -1.59. The second-order valence-electron chi connectivity index (χ2n) is 6.31. The van der Waals surface area contributed by atoms with Crippen molar-refractivity contribution in [2.75, 3.05) is 11.9 Å². The third kappa shape index (κ3) is 4.69. The third-order valence-electron chi connectivity index (χ3n) is 4.42. The Morgan fingerprint density at radius 1 is 1.22 bits per heavy atom. The number of hydrogen-bond donors (Lipinski definition) is 3. The zero-order chi connectivity index (χ0) is 15.5. The second-order valence-corrected chi connectivity index (χ2v) is 6.31. The van der Waals surface area contributed by atoms with E-state index in [9.17, 15) is 9.59 Å². The van der Waals surface area contributed by atoms with Gasteiger partial charge in [0, 0.05) is 29.3 Å². The number of amides is 2. The van der Waals surface area contributed by atoms with Crippen molar-refractivity contribution in [1.82, 2.24) is 10.6 Å². The zero-order valence-corrected chi connectivity index (χ0v) is 14.1. The first-order chi connectivity index (χ1) is 10.6. The maximum absolute atomic E-state index is 12.4. The molecule has 5 nitrogen and oxygen atoms in total. The summed E-state index contributed by atoms with van der Waals surface area (Å²) >= 11 is 0. The van der Waals surface area contributed by atoms with Crippen molar-refractivity contribution in [3.05, 3.63) is 29.8 Å². The molecular formula is C17H24ClN3O2. The van der Waals surface area contributed by atoms with Crippen LogP contribution in [0.3, 0.4) is 0 Å². The molecule has 2 amide bonds. The van der Waals surface area contributed by atoms with Crippen molar-refractivity contribution in [3.63, 3.8) is 0 Å². The van der Waals surface area contributed by atoms with Crippen LogP contribution in [0.4, 0.5) is 5.69 Å². The van der Waals surface area contributed by atoms with Crippen LogP contribution in [0.1, 0.15) is 43.0 Å². The SMILES string of the molecule is CC1NCCCC1NC(=O)c1cccc(NC(=O)C2CC2)c1.Cl. The molecular weight excluding hydrogens is 314 g/mol. The van der Waals surface area contributed by atoms with Crippen LogP contribution >= 0.6 is 12.4 Å². The molecule has 2 aliphatic rings. The molecule has 2 fully saturated rings. The first-order valence-corrected chi connectivity index (χ1v) is 8.08. The molecule has 0 radical (unpaired) electrons. The van der Waals surface area contributed by atoms with Crippen LogP contribution in [0.2, 0.25) is 0 Å². The van der Waals surface area contributed by atoms with Gasteiger partial charge in [-0.3, -0.25) is 9.59 Å². The van der Waals surface area contributed by atoms with Crippen molar-refractivity contribution in [3.8, 4) is 0 Å². The van der Waals surface area contributed by atoms with Gasteiger partial charge in [0.05, 0.1) is 0 Å². The minimum Gasteiger partial charge on any atom is -0.348 e. The first-order valence-electron chi connectivity index (χ1n) is 8.08. The number of carbonyl (C=O) groups excluding carboxylic acids is 2. The van der Waals surface area contributed by atoms with Gasteiger partial charge in [-0.05, 0) is 57.4 Å². The molecule has 1 heterocycles. The number of carbonyl (C=O) groups is 2. The molecule has 1 aromatic rings. The molecule has 2 unspecified atom stereocenters. The predicted octanol–water partition coefficient (Wildman–Crippen LogP) is 2.33. The van der Waals surface area contributed by atoms with E-state index >= 15 is 0 Å². The Morgan fingerprint density at radius 3 is 2.70 bits per heavy atom. The van der Waals surface area contributed by atoms with E-state index in [-0.39, 0.29) is 42.2 Å². The van der Waals surface area contributed by atoms with E-state index in [4.69, 9.17) is 0 Å². The lowest BCUT2D eigenvalue weighted by molar-refractivity contribution is -0.117.